The van der Waals surface area contributed by atoms with Gasteiger partial charge in [0.05, 0.1) is 48.5 Å². The molecule has 5 spiro atoms. The first-order valence-corrected chi connectivity index (χ1v) is 29.9. The van der Waals surface area contributed by atoms with E-state index in [4.69, 9.17) is 23.4 Å². The van der Waals surface area contributed by atoms with Crippen molar-refractivity contribution in [3.63, 3.8) is 0 Å². The van der Waals surface area contributed by atoms with Crippen LogP contribution in [0.3, 0.4) is 0 Å². The minimum atomic E-state index is -1.47. The van der Waals surface area contributed by atoms with Gasteiger partial charge in [0.25, 0.3) is 0 Å². The molecule has 15 aliphatic rings. The van der Waals surface area contributed by atoms with Crippen molar-refractivity contribution in [2.45, 2.75) is 184 Å². The van der Waals surface area contributed by atoms with E-state index in [1.54, 1.807) is 6.26 Å². The number of ether oxygens (including phenoxy) is 4. The summed E-state index contributed by atoms with van der Waals surface area (Å²) in [5.41, 5.74) is -4.89. The molecule has 1 aromatic heterocycles. The Labute approximate surface area is 435 Å². The number of rotatable bonds is 8. The first kappa shape index (κ1) is 47.0. The fourth-order valence-corrected chi connectivity index (χ4v) is 24.2. The maximum atomic E-state index is 16.6. The van der Waals surface area contributed by atoms with Gasteiger partial charge in [0.2, 0.25) is 0 Å². The topological polar surface area (TPSA) is 181 Å². The number of esters is 2. The second-order valence-corrected chi connectivity index (χ2v) is 28.4. The van der Waals surface area contributed by atoms with Gasteiger partial charge in [-0.05, 0) is 147 Å². The number of furan rings is 1. The summed E-state index contributed by atoms with van der Waals surface area (Å²) >= 11 is 0. The lowest BCUT2D eigenvalue weighted by Gasteiger charge is -2.70. The maximum absolute atomic E-state index is 16.6. The molecule has 8 heterocycles. The number of aliphatic hydroxyl groups excluding tert-OH is 3. The molecule has 1 aromatic rings. The highest BCUT2D eigenvalue weighted by Crippen LogP contribution is 2.89. The van der Waals surface area contributed by atoms with Crippen molar-refractivity contribution < 1.29 is 53.1 Å². The largest absolute Gasteiger partial charge is 0.469 e. The van der Waals surface area contributed by atoms with Crippen LogP contribution in [0.25, 0.3) is 0 Å². The normalized spacial score (nSPS) is 53.9. The smallest absolute Gasteiger partial charge is 0.339 e. The predicted octanol–water partition coefficient (Wildman–Crippen LogP) is 7.36. The summed E-state index contributed by atoms with van der Waals surface area (Å²) in [6.07, 6.45) is 22.0. The van der Waals surface area contributed by atoms with E-state index in [-0.39, 0.29) is 60.5 Å². The van der Waals surface area contributed by atoms with E-state index in [1.165, 1.54) is 37.7 Å². The van der Waals surface area contributed by atoms with E-state index in [1.807, 2.05) is 6.07 Å². The average Bonchev–Trinajstić information content (AvgIpc) is 2.87. The first-order valence-electron chi connectivity index (χ1n) is 29.9. The molecule has 7 aliphatic heterocycles. The number of Topliss-reactive ketones (excluding diaryl/α,β-unsaturated/α-hetero) is 1. The molecular formula is C61H80N2O11. The highest BCUT2D eigenvalue weighted by molar-refractivity contribution is 5.94. The van der Waals surface area contributed by atoms with Gasteiger partial charge in [0.1, 0.15) is 35.8 Å². The van der Waals surface area contributed by atoms with Crippen molar-refractivity contribution in [3.05, 3.63) is 47.6 Å². The molecule has 16 rings (SSSR count). The van der Waals surface area contributed by atoms with Crippen LogP contribution in [0, 0.1) is 98.6 Å². The summed E-state index contributed by atoms with van der Waals surface area (Å²) in [6.45, 7) is 8.31. The van der Waals surface area contributed by atoms with Gasteiger partial charge in [-0.1, -0.05) is 77.9 Å². The lowest BCUT2D eigenvalue weighted by molar-refractivity contribution is -0.281. The highest BCUT2D eigenvalue weighted by atomic mass is 16.7. The quantitative estimate of drug-likeness (QED) is 0.115. The fraction of sp³-hybridized carbons (Fsp3) is 0.820. The van der Waals surface area contributed by atoms with Crippen LogP contribution in [0.2, 0.25) is 0 Å². The zero-order valence-electron chi connectivity index (χ0n) is 43.9. The number of fused-ring (bicyclic) bond motifs is 3. The molecule has 0 aromatic carbocycles. The van der Waals surface area contributed by atoms with Crippen LogP contribution in [-0.4, -0.2) is 106 Å². The summed E-state index contributed by atoms with van der Waals surface area (Å²) in [5, 5.41) is 39.7. The lowest BCUT2D eigenvalue weighted by atomic mass is 9.32. The van der Waals surface area contributed by atoms with Crippen molar-refractivity contribution in [3.8, 4) is 0 Å². The van der Waals surface area contributed by atoms with Crippen LogP contribution < -0.4 is 5.32 Å². The number of cyclic esters (lactones) is 2. The first-order chi connectivity index (χ1) is 35.7. The van der Waals surface area contributed by atoms with Gasteiger partial charge in [0, 0.05) is 41.3 Å². The Hall–Kier alpha value is -3.07. The van der Waals surface area contributed by atoms with Gasteiger partial charge in [-0.3, -0.25) is 14.9 Å². The number of nitrogens with one attached hydrogen (secondary N) is 1. The Morgan fingerprint density at radius 2 is 1.77 bits per heavy atom. The van der Waals surface area contributed by atoms with E-state index >= 15 is 9.59 Å². The van der Waals surface area contributed by atoms with Crippen molar-refractivity contribution in [2.24, 2.45) is 98.6 Å². The van der Waals surface area contributed by atoms with E-state index < -0.39 is 80.7 Å². The Balaban J connectivity index is 0.827. The summed E-state index contributed by atoms with van der Waals surface area (Å²) in [6, 6.07) is 2.40. The molecule has 400 valence electrons. The number of carbonyl (C=O) groups excluding carboxylic acids is 3. The number of hydrogen-bond acceptors (Lipinski definition) is 13. The van der Waals surface area contributed by atoms with Gasteiger partial charge < -0.3 is 43.6 Å². The van der Waals surface area contributed by atoms with E-state index in [0.29, 0.717) is 60.7 Å². The number of hydrogen-bond donors (Lipinski definition) is 4. The van der Waals surface area contributed by atoms with Gasteiger partial charge in [-0.15, -0.1) is 0 Å². The Kier molecular flexibility index (Phi) is 9.77. The second-order valence-electron chi connectivity index (χ2n) is 28.4. The number of nitrogens with zero attached hydrogens (tertiary/aromatic N) is 1. The third-order valence-corrected chi connectivity index (χ3v) is 26.5. The van der Waals surface area contributed by atoms with Crippen molar-refractivity contribution in [1.29, 1.82) is 0 Å². The lowest BCUT2D eigenvalue weighted by Crippen LogP contribution is -2.80. The van der Waals surface area contributed by atoms with Crippen LogP contribution in [-0.2, 0) is 39.8 Å². The van der Waals surface area contributed by atoms with Crippen molar-refractivity contribution in [2.75, 3.05) is 26.4 Å². The Morgan fingerprint density at radius 1 is 0.932 bits per heavy atom. The molecule has 13 nitrogen and oxygen atoms in total. The minimum absolute atomic E-state index is 0.00730. The van der Waals surface area contributed by atoms with Crippen LogP contribution >= 0.6 is 0 Å². The van der Waals surface area contributed by atoms with E-state index in [2.05, 4.69) is 49.3 Å². The number of epoxide rings is 1. The molecule has 8 aliphatic carbocycles. The molecule has 0 radical (unpaired) electrons. The second kappa shape index (κ2) is 15.4. The number of allylic oxidation sites excluding steroid dienone is 1. The zero-order chi connectivity index (χ0) is 50.3. The zero-order valence-corrected chi connectivity index (χ0v) is 43.9. The average molecular weight is 1020 g/mol. The summed E-state index contributed by atoms with van der Waals surface area (Å²) in [5.74, 6) is 0.450. The van der Waals surface area contributed by atoms with Crippen LogP contribution in [0.4, 0.5) is 0 Å². The molecule has 13 heteroatoms. The third kappa shape index (κ3) is 5.22. The van der Waals surface area contributed by atoms with E-state index in [9.17, 15) is 20.1 Å². The Bertz CT molecular complexity index is 2640. The summed E-state index contributed by atoms with van der Waals surface area (Å²) in [4.78, 5) is 49.3. The number of ketones is 1. The van der Waals surface area contributed by atoms with Gasteiger partial charge in [-0.2, -0.15) is 0 Å². The number of aliphatic hydroxyl groups is 3. The molecule has 24 atom stereocenters. The van der Waals surface area contributed by atoms with E-state index in [0.717, 1.165) is 83.0 Å². The van der Waals surface area contributed by atoms with Crippen LogP contribution in [0.15, 0.2) is 40.7 Å². The van der Waals surface area contributed by atoms with Gasteiger partial charge >= 0.3 is 11.9 Å². The van der Waals surface area contributed by atoms with Gasteiger partial charge in [0.15, 0.2) is 11.9 Å². The SMILES string of the molecule is CC(C1CCCCC1)C1CCCC23OC45C(=CC12)CC1CCCC12CC1CC6(C)C(c7ccoc7CC(C(O)CO)C7CCC8C(C=CN9CNCC89)C7)OC(=O)C7OC76C6(C)C(O)C(=O)C3C4(COC(=O)C25)C16. The van der Waals surface area contributed by atoms with Crippen LogP contribution in [0.1, 0.15) is 147 Å². The standard InChI is InChI=1S/C61H80N2O11/c1-31(32-9-5-4-6-10-32)38-12-8-18-59-42(38)23-37-22-36-11-7-17-57(36)26-35-25-55(2)51(40-16-20-70-45(40)24-41(44(65)28-64)33-13-14-39-34(21-33)15-19-63-30-62-27-43(39)63)72-54(69)52-61(55,73-52)56(3)47(35)58(48(59)46(66)50(56)67)29-71-53(68)49(57)60(37,58)74-59/h15-16,19-20,23,31-36,38-39,41-44,47-52,62,64-65,67H,4-14,17-18,21-22,24-30H2,1-3H3. The molecular weight excluding hydrogens is 937 g/mol. The Morgan fingerprint density at radius 3 is 2.61 bits per heavy atom. The molecule has 0 amide bonds. The van der Waals surface area contributed by atoms with Crippen molar-refractivity contribution >= 4 is 17.7 Å². The van der Waals surface area contributed by atoms with Crippen LogP contribution in [0.5, 0.6) is 0 Å². The summed E-state index contributed by atoms with van der Waals surface area (Å²) in [7, 11) is 0. The molecule has 4 N–H and O–H groups in total. The molecule has 13 fully saturated rings. The molecule has 74 heavy (non-hydrogen) atoms. The number of carbonyl (C=O) groups is 3. The molecule has 24 unspecified atom stereocenters. The van der Waals surface area contributed by atoms with Gasteiger partial charge in [-0.25, -0.2) is 4.79 Å². The third-order valence-electron chi connectivity index (χ3n) is 26.5. The molecule has 5 saturated heterocycles. The highest BCUT2D eigenvalue weighted by Gasteiger charge is 2.97. The minimum Gasteiger partial charge on any atom is -0.469 e. The fourth-order valence-electron chi connectivity index (χ4n) is 24.2. The maximum Gasteiger partial charge on any atom is 0.339 e. The molecule has 8 saturated carbocycles. The summed E-state index contributed by atoms with van der Waals surface area (Å²) < 4.78 is 35.5. The van der Waals surface area contributed by atoms with Crippen molar-refractivity contribution in [1.82, 2.24) is 10.2 Å². The molecule has 5 bridgehead atoms. The monoisotopic (exact) mass is 1020 g/mol. The predicted molar refractivity (Wildman–Crippen MR) is 267 cm³/mol.